The predicted molar refractivity (Wildman–Crippen MR) is 143 cm³/mol. The van der Waals surface area contributed by atoms with Crippen LogP contribution in [-0.2, 0) is 16.0 Å². The highest BCUT2D eigenvalue weighted by Gasteiger charge is 2.59. The number of hydrogen-bond donors (Lipinski definition) is 2. The van der Waals surface area contributed by atoms with E-state index < -0.39 is 18.0 Å². The highest BCUT2D eigenvalue weighted by atomic mass is 16.5. The fourth-order valence-electron chi connectivity index (χ4n) is 5.69. The number of carbonyl (C=O) groups is 2. The maximum Gasteiger partial charge on any atom is 0.352 e. The first-order valence-corrected chi connectivity index (χ1v) is 13.0. The van der Waals surface area contributed by atoms with E-state index in [9.17, 15) is 19.8 Å². The molecule has 1 amide bonds. The predicted octanol–water partition coefficient (Wildman–Crippen LogP) is 2.60. The summed E-state index contributed by atoms with van der Waals surface area (Å²) in [6, 6.07) is 11.9. The van der Waals surface area contributed by atoms with Crippen LogP contribution in [0.3, 0.4) is 0 Å². The molecule has 37 heavy (non-hydrogen) atoms. The minimum absolute atomic E-state index is 0.00181. The van der Waals surface area contributed by atoms with Crippen LogP contribution < -0.4 is 4.74 Å². The van der Waals surface area contributed by atoms with Crippen LogP contribution in [0.5, 0.6) is 5.75 Å². The molecule has 8 nitrogen and oxygen atoms in total. The highest BCUT2D eigenvalue weighted by Crippen LogP contribution is 2.47. The molecule has 200 valence electrons. The number of carboxylic acid groups (broad SMARTS) is 1. The van der Waals surface area contributed by atoms with Gasteiger partial charge in [0.15, 0.2) is 0 Å². The normalized spacial score (nSPS) is 22.4. The van der Waals surface area contributed by atoms with Crippen molar-refractivity contribution in [1.82, 2.24) is 9.80 Å². The van der Waals surface area contributed by atoms with E-state index in [4.69, 9.17) is 4.74 Å². The topological polar surface area (TPSA) is 90.3 Å². The summed E-state index contributed by atoms with van der Waals surface area (Å²) in [5.41, 5.74) is 1.84. The molecule has 2 N–H and O–H groups in total. The number of aliphatic carboxylic acids is 1. The number of carbonyl (C=O) groups excluding carboxylic acids is 1. The van der Waals surface area contributed by atoms with Gasteiger partial charge in [0.2, 0.25) is 5.91 Å². The Kier molecular flexibility index (Phi) is 7.65. The zero-order valence-electron chi connectivity index (χ0n) is 22.8. The summed E-state index contributed by atoms with van der Waals surface area (Å²) in [6.07, 6.45) is 0.112. The summed E-state index contributed by atoms with van der Waals surface area (Å²) in [4.78, 5) is 28.3. The first-order chi connectivity index (χ1) is 17.4. The van der Waals surface area contributed by atoms with Crippen LogP contribution in [0, 0.1) is 11.8 Å². The number of aliphatic hydroxyl groups excluding tert-OH is 1. The van der Waals surface area contributed by atoms with Crippen molar-refractivity contribution < 1.29 is 29.0 Å². The van der Waals surface area contributed by atoms with Crippen LogP contribution in [0.1, 0.15) is 19.4 Å². The van der Waals surface area contributed by atoms with Crippen LogP contribution in [0.25, 0.3) is 10.8 Å². The molecule has 2 aliphatic heterocycles. The number of hydrogen-bond acceptors (Lipinski definition) is 5. The Hall–Kier alpha value is -2.94. The lowest BCUT2D eigenvalue weighted by molar-refractivity contribution is -0.889. The molecule has 2 aromatic rings. The molecule has 0 bridgehead atoms. The van der Waals surface area contributed by atoms with Crippen molar-refractivity contribution in [3.63, 3.8) is 0 Å². The molecule has 0 saturated carbocycles. The van der Waals surface area contributed by atoms with Gasteiger partial charge in [-0.1, -0.05) is 37.3 Å². The molecule has 0 aromatic heterocycles. The number of benzene rings is 2. The van der Waals surface area contributed by atoms with Gasteiger partial charge in [0.25, 0.3) is 0 Å². The third-order valence-electron chi connectivity index (χ3n) is 8.01. The Morgan fingerprint density at radius 2 is 1.81 bits per heavy atom. The van der Waals surface area contributed by atoms with Crippen molar-refractivity contribution in [2.24, 2.45) is 11.8 Å². The molecular weight excluding hydrogens is 470 g/mol. The van der Waals surface area contributed by atoms with Crippen LogP contribution >= 0.6 is 0 Å². The van der Waals surface area contributed by atoms with E-state index in [0.29, 0.717) is 11.3 Å². The molecule has 0 aliphatic carbocycles. The number of aliphatic hydroxyl groups is 1. The number of quaternary nitrogens is 1. The first-order valence-electron chi connectivity index (χ1n) is 13.0. The Labute approximate surface area is 219 Å². The summed E-state index contributed by atoms with van der Waals surface area (Å²) in [5.74, 6) is -1.57. The molecule has 2 aliphatic rings. The Balaban J connectivity index is 1.54. The number of β-lactam (4-membered cyclic amide) rings is 1. The van der Waals surface area contributed by atoms with E-state index in [2.05, 4.69) is 45.2 Å². The maximum atomic E-state index is 12.6. The van der Waals surface area contributed by atoms with Gasteiger partial charge in [-0.25, -0.2) is 4.79 Å². The van der Waals surface area contributed by atoms with Gasteiger partial charge >= 0.3 is 5.97 Å². The lowest BCUT2D eigenvalue weighted by atomic mass is 9.78. The van der Waals surface area contributed by atoms with Gasteiger partial charge in [-0.2, -0.15) is 0 Å². The smallest absolute Gasteiger partial charge is 0.352 e. The van der Waals surface area contributed by atoms with E-state index >= 15 is 0 Å². The lowest BCUT2D eigenvalue weighted by Gasteiger charge is -2.46. The molecule has 1 fully saturated rings. The van der Waals surface area contributed by atoms with Crippen molar-refractivity contribution in [3.05, 3.63) is 53.2 Å². The summed E-state index contributed by atoms with van der Waals surface area (Å²) < 4.78 is 7.17. The standard InChI is InChI=1S/C29H39N3O5/c1-18-23(27(29(35)36)31-26(18)25(19(2)33)28(31)34)17-37-24-12-8-10-21-20(9-7-11-22(21)24)13-15-32(5,6)16-14-30(3)4/h7-12,18-19,25-26,33H,13-17H2,1-6H3/p+1/t18-,19+,25+,26+/m0/s1. The van der Waals surface area contributed by atoms with Crippen molar-refractivity contribution >= 4 is 22.6 Å². The minimum Gasteiger partial charge on any atom is -0.488 e. The number of amides is 1. The van der Waals surface area contributed by atoms with Crippen LogP contribution in [-0.4, -0.2) is 103 Å². The first kappa shape index (κ1) is 27.1. The van der Waals surface area contributed by atoms with E-state index in [0.717, 1.165) is 41.3 Å². The van der Waals surface area contributed by atoms with Gasteiger partial charge in [-0.3, -0.25) is 4.79 Å². The number of nitrogens with zero attached hydrogens (tertiary/aromatic N) is 3. The average Bonchev–Trinajstić information content (AvgIpc) is 3.08. The van der Waals surface area contributed by atoms with E-state index in [1.165, 1.54) is 10.5 Å². The fraction of sp³-hybridized carbons (Fsp3) is 0.517. The fourth-order valence-corrected chi connectivity index (χ4v) is 5.69. The summed E-state index contributed by atoms with van der Waals surface area (Å²) in [6.45, 7) is 6.69. The summed E-state index contributed by atoms with van der Waals surface area (Å²) in [5, 5.41) is 22.1. The monoisotopic (exact) mass is 510 g/mol. The highest BCUT2D eigenvalue weighted by molar-refractivity contribution is 6.00. The van der Waals surface area contributed by atoms with Crippen LogP contribution in [0.15, 0.2) is 47.7 Å². The largest absolute Gasteiger partial charge is 0.488 e. The third kappa shape index (κ3) is 5.23. The van der Waals surface area contributed by atoms with Crippen molar-refractivity contribution in [1.29, 1.82) is 0 Å². The molecular formula is C29H40N3O5+. The van der Waals surface area contributed by atoms with Crippen LogP contribution in [0.4, 0.5) is 0 Å². The summed E-state index contributed by atoms with van der Waals surface area (Å²) in [7, 11) is 8.71. The van der Waals surface area contributed by atoms with Crippen molar-refractivity contribution in [2.75, 3.05) is 54.4 Å². The number of rotatable bonds is 11. The molecule has 0 spiro atoms. The Morgan fingerprint density at radius 1 is 1.14 bits per heavy atom. The lowest BCUT2D eigenvalue weighted by Crippen LogP contribution is -2.63. The van der Waals surface area contributed by atoms with Gasteiger partial charge in [0.05, 0.1) is 45.2 Å². The van der Waals surface area contributed by atoms with Crippen molar-refractivity contribution in [2.45, 2.75) is 32.4 Å². The molecule has 1 saturated heterocycles. The van der Waals surface area contributed by atoms with Crippen molar-refractivity contribution in [3.8, 4) is 5.75 Å². The second-order valence-corrected chi connectivity index (χ2v) is 11.4. The molecule has 0 radical (unpaired) electrons. The maximum absolute atomic E-state index is 12.6. The molecule has 4 rings (SSSR count). The quantitative estimate of drug-likeness (QED) is 0.357. The summed E-state index contributed by atoms with van der Waals surface area (Å²) >= 11 is 0. The zero-order valence-corrected chi connectivity index (χ0v) is 22.8. The van der Waals surface area contributed by atoms with Gasteiger partial charge in [-0.15, -0.1) is 0 Å². The molecule has 0 unspecified atom stereocenters. The number of carboxylic acids is 1. The zero-order chi connectivity index (χ0) is 27.1. The Bertz CT molecular complexity index is 1220. The molecule has 4 atom stereocenters. The molecule has 2 heterocycles. The van der Waals surface area contributed by atoms with Gasteiger partial charge in [-0.05, 0) is 38.0 Å². The van der Waals surface area contributed by atoms with Crippen LogP contribution in [0.2, 0.25) is 0 Å². The van der Waals surface area contributed by atoms with Gasteiger partial charge in [0, 0.05) is 29.8 Å². The third-order valence-corrected chi connectivity index (χ3v) is 8.01. The molecule has 2 aromatic carbocycles. The minimum atomic E-state index is -1.14. The Morgan fingerprint density at radius 3 is 2.46 bits per heavy atom. The second-order valence-electron chi connectivity index (χ2n) is 11.4. The van der Waals surface area contributed by atoms with Gasteiger partial charge < -0.3 is 29.2 Å². The SMILES string of the molecule is C[C@@H](O)[C@H]1C(=O)N2C(C(=O)O)=C(COc3cccc4c(CC[N+](C)(C)CCN(C)C)cccc34)[C@H](C)[C@H]12. The van der Waals surface area contributed by atoms with E-state index in [1.54, 1.807) is 6.92 Å². The van der Waals surface area contributed by atoms with Gasteiger partial charge in [0.1, 0.15) is 18.1 Å². The number of likely N-dealkylation sites (N-methyl/N-ethyl adjacent to an activating group) is 2. The number of ether oxygens (including phenoxy) is 1. The van der Waals surface area contributed by atoms with E-state index in [1.807, 2.05) is 31.2 Å². The second kappa shape index (κ2) is 10.4. The molecule has 8 heteroatoms. The van der Waals surface area contributed by atoms with E-state index in [-0.39, 0.29) is 30.2 Å². The number of fused-ring (bicyclic) bond motifs is 2. The average molecular weight is 511 g/mol.